The highest BCUT2D eigenvalue weighted by atomic mass is 19.1. The maximum Gasteiger partial charge on any atom is 0.126 e. The molecule has 1 N–H and O–H groups in total. The maximum absolute atomic E-state index is 13.5. The zero-order valence-electron chi connectivity index (χ0n) is 9.88. The monoisotopic (exact) mass is 221 g/mol. The largest absolute Gasteiger partial charge is 0.313 e. The van der Waals surface area contributed by atoms with Crippen LogP contribution in [0.15, 0.2) is 36.9 Å². The van der Waals surface area contributed by atoms with Gasteiger partial charge in [-0.3, -0.25) is 0 Å². The number of nitrogens with one attached hydrogen (secondary N) is 1. The van der Waals surface area contributed by atoms with E-state index in [1.165, 1.54) is 6.07 Å². The highest BCUT2D eigenvalue weighted by Crippen LogP contribution is 2.11. The van der Waals surface area contributed by atoms with Crippen LogP contribution in [0.2, 0.25) is 0 Å². The molecule has 0 fully saturated rings. The molecule has 1 aromatic carbocycles. The highest BCUT2D eigenvalue weighted by Gasteiger charge is 2.09. The van der Waals surface area contributed by atoms with Crippen molar-refractivity contribution < 1.29 is 4.39 Å². The molecule has 0 saturated carbocycles. The Morgan fingerprint density at radius 2 is 2.19 bits per heavy atom. The molecule has 1 atom stereocenters. The lowest BCUT2D eigenvalue weighted by atomic mass is 10.0. The van der Waals surface area contributed by atoms with E-state index in [0.717, 1.165) is 31.4 Å². The maximum atomic E-state index is 13.5. The van der Waals surface area contributed by atoms with Crippen LogP contribution < -0.4 is 5.32 Å². The topological polar surface area (TPSA) is 12.0 Å². The van der Waals surface area contributed by atoms with E-state index in [1.807, 2.05) is 18.2 Å². The molecule has 0 aliphatic heterocycles. The van der Waals surface area contributed by atoms with Crippen molar-refractivity contribution in [1.82, 2.24) is 5.32 Å². The van der Waals surface area contributed by atoms with E-state index in [4.69, 9.17) is 0 Å². The highest BCUT2D eigenvalue weighted by molar-refractivity contribution is 5.18. The van der Waals surface area contributed by atoms with E-state index < -0.39 is 0 Å². The smallest absolute Gasteiger partial charge is 0.126 e. The van der Waals surface area contributed by atoms with Crippen molar-refractivity contribution in [3.63, 3.8) is 0 Å². The SMILES string of the molecule is C=CCC(Cc1ccccc1F)NCCC. The van der Waals surface area contributed by atoms with Gasteiger partial charge in [-0.05, 0) is 37.4 Å². The Morgan fingerprint density at radius 3 is 2.81 bits per heavy atom. The van der Waals surface area contributed by atoms with Gasteiger partial charge in [0.15, 0.2) is 0 Å². The molecule has 1 nitrogen and oxygen atoms in total. The van der Waals surface area contributed by atoms with Gasteiger partial charge in [0, 0.05) is 6.04 Å². The summed E-state index contributed by atoms with van der Waals surface area (Å²) in [6.45, 7) is 6.83. The molecule has 88 valence electrons. The zero-order valence-corrected chi connectivity index (χ0v) is 9.88. The van der Waals surface area contributed by atoms with Crippen LogP contribution in [0.3, 0.4) is 0 Å². The number of benzene rings is 1. The molecule has 0 radical (unpaired) electrons. The Balaban J connectivity index is 2.60. The molecule has 0 amide bonds. The van der Waals surface area contributed by atoms with Crippen LogP contribution in [0.1, 0.15) is 25.3 Å². The summed E-state index contributed by atoms with van der Waals surface area (Å²) in [5.41, 5.74) is 0.776. The van der Waals surface area contributed by atoms with Crippen LogP contribution in [0, 0.1) is 5.82 Å². The second-order valence-corrected chi connectivity index (χ2v) is 3.97. The molecule has 1 aromatic rings. The lowest BCUT2D eigenvalue weighted by molar-refractivity contribution is 0.498. The fraction of sp³-hybridized carbons (Fsp3) is 0.429. The Hall–Kier alpha value is -1.15. The molecule has 1 unspecified atom stereocenters. The average Bonchev–Trinajstić information content (AvgIpc) is 2.29. The summed E-state index contributed by atoms with van der Waals surface area (Å²) in [7, 11) is 0. The summed E-state index contributed by atoms with van der Waals surface area (Å²) < 4.78 is 13.5. The normalized spacial score (nSPS) is 12.4. The minimum absolute atomic E-state index is 0.116. The van der Waals surface area contributed by atoms with Crippen molar-refractivity contribution in [2.24, 2.45) is 0 Å². The standard InChI is InChI=1S/C14H20FN/c1-3-7-13(16-10-4-2)11-12-8-5-6-9-14(12)15/h3,5-6,8-9,13,16H,1,4,7,10-11H2,2H3. The summed E-state index contributed by atoms with van der Waals surface area (Å²) >= 11 is 0. The van der Waals surface area contributed by atoms with Gasteiger partial charge in [0.2, 0.25) is 0 Å². The van der Waals surface area contributed by atoms with Crippen LogP contribution >= 0.6 is 0 Å². The molecule has 0 aromatic heterocycles. The summed E-state index contributed by atoms with van der Waals surface area (Å²) in [4.78, 5) is 0. The zero-order chi connectivity index (χ0) is 11.8. The van der Waals surface area contributed by atoms with E-state index in [2.05, 4.69) is 18.8 Å². The summed E-state index contributed by atoms with van der Waals surface area (Å²) in [6, 6.07) is 7.25. The van der Waals surface area contributed by atoms with Gasteiger partial charge in [-0.1, -0.05) is 31.2 Å². The van der Waals surface area contributed by atoms with Crippen molar-refractivity contribution >= 4 is 0 Å². The van der Waals surface area contributed by atoms with E-state index in [-0.39, 0.29) is 11.9 Å². The minimum Gasteiger partial charge on any atom is -0.313 e. The summed E-state index contributed by atoms with van der Waals surface area (Å²) in [6.07, 6.45) is 4.56. The number of rotatable bonds is 7. The predicted molar refractivity (Wildman–Crippen MR) is 67.0 cm³/mol. The van der Waals surface area contributed by atoms with Gasteiger partial charge in [0.05, 0.1) is 0 Å². The molecule has 0 heterocycles. The Morgan fingerprint density at radius 1 is 1.44 bits per heavy atom. The Labute approximate surface area is 97.4 Å². The Bertz CT molecular complexity index is 322. The molecule has 0 spiro atoms. The van der Waals surface area contributed by atoms with Gasteiger partial charge in [-0.15, -0.1) is 6.58 Å². The first-order chi connectivity index (χ1) is 7.77. The van der Waals surface area contributed by atoms with Crippen LogP contribution in [0.5, 0.6) is 0 Å². The third-order valence-electron chi connectivity index (χ3n) is 2.56. The predicted octanol–water partition coefficient (Wildman–Crippen LogP) is 3.31. The first-order valence-corrected chi connectivity index (χ1v) is 5.85. The van der Waals surface area contributed by atoms with Crippen molar-refractivity contribution in [2.75, 3.05) is 6.54 Å². The molecule has 0 aliphatic carbocycles. The lowest BCUT2D eigenvalue weighted by Crippen LogP contribution is -2.31. The fourth-order valence-corrected chi connectivity index (χ4v) is 1.72. The molecule has 16 heavy (non-hydrogen) atoms. The second-order valence-electron chi connectivity index (χ2n) is 3.97. The molecule has 0 saturated heterocycles. The molecule has 2 heteroatoms. The minimum atomic E-state index is -0.116. The second kappa shape index (κ2) is 7.18. The summed E-state index contributed by atoms with van der Waals surface area (Å²) in [5, 5.41) is 3.41. The number of hydrogen-bond donors (Lipinski definition) is 1. The third kappa shape index (κ3) is 4.15. The van der Waals surface area contributed by atoms with E-state index >= 15 is 0 Å². The lowest BCUT2D eigenvalue weighted by Gasteiger charge is -2.17. The number of halogens is 1. The van der Waals surface area contributed by atoms with Crippen molar-refractivity contribution in [3.8, 4) is 0 Å². The fourth-order valence-electron chi connectivity index (χ4n) is 1.72. The van der Waals surface area contributed by atoms with Gasteiger partial charge in [0.25, 0.3) is 0 Å². The van der Waals surface area contributed by atoms with Crippen LogP contribution in [-0.2, 0) is 6.42 Å². The molecule has 0 bridgehead atoms. The quantitative estimate of drug-likeness (QED) is 0.696. The molecular weight excluding hydrogens is 201 g/mol. The van der Waals surface area contributed by atoms with Crippen molar-refractivity contribution in [1.29, 1.82) is 0 Å². The van der Waals surface area contributed by atoms with Gasteiger partial charge in [-0.25, -0.2) is 4.39 Å². The van der Waals surface area contributed by atoms with Gasteiger partial charge in [0.1, 0.15) is 5.82 Å². The number of hydrogen-bond acceptors (Lipinski definition) is 1. The molecule has 1 rings (SSSR count). The Kier molecular flexibility index (Phi) is 5.79. The first kappa shape index (κ1) is 12.9. The average molecular weight is 221 g/mol. The van der Waals surface area contributed by atoms with Crippen LogP contribution in [0.25, 0.3) is 0 Å². The van der Waals surface area contributed by atoms with Crippen LogP contribution in [0.4, 0.5) is 4.39 Å². The van der Waals surface area contributed by atoms with E-state index in [9.17, 15) is 4.39 Å². The molecular formula is C14H20FN. The van der Waals surface area contributed by atoms with Gasteiger partial charge >= 0.3 is 0 Å². The van der Waals surface area contributed by atoms with Gasteiger partial charge in [-0.2, -0.15) is 0 Å². The third-order valence-corrected chi connectivity index (χ3v) is 2.56. The van der Waals surface area contributed by atoms with E-state index in [0.29, 0.717) is 0 Å². The van der Waals surface area contributed by atoms with Crippen molar-refractivity contribution in [3.05, 3.63) is 48.3 Å². The van der Waals surface area contributed by atoms with Crippen molar-refractivity contribution in [2.45, 2.75) is 32.2 Å². The first-order valence-electron chi connectivity index (χ1n) is 5.85. The van der Waals surface area contributed by atoms with Gasteiger partial charge < -0.3 is 5.32 Å². The van der Waals surface area contributed by atoms with E-state index in [1.54, 1.807) is 6.07 Å². The van der Waals surface area contributed by atoms with Crippen LogP contribution in [-0.4, -0.2) is 12.6 Å². The summed E-state index contributed by atoms with van der Waals surface area (Å²) in [5.74, 6) is -0.116. The molecule has 0 aliphatic rings.